The lowest BCUT2D eigenvalue weighted by molar-refractivity contribution is 1.40. The van der Waals surface area contributed by atoms with Crippen molar-refractivity contribution in [2.75, 3.05) is 0 Å². The van der Waals surface area contributed by atoms with Crippen LogP contribution in [0.5, 0.6) is 0 Å². The van der Waals surface area contributed by atoms with E-state index in [2.05, 4.69) is 41.2 Å². The van der Waals surface area contributed by atoms with Gasteiger partial charge in [0.05, 0.1) is 11.2 Å². The van der Waals surface area contributed by atoms with E-state index in [9.17, 15) is 0 Å². The summed E-state index contributed by atoms with van der Waals surface area (Å²) in [6.45, 7) is 2.07. The Morgan fingerprint density at radius 2 is 1.84 bits per heavy atom. The molecule has 0 unspecified atom stereocenters. The molecule has 3 aromatic rings. The fraction of sp³-hybridized carbons (Fsp3) is 0.0588. The number of benzene rings is 2. The Bertz CT molecular complexity index is 740. The van der Waals surface area contributed by atoms with Crippen molar-refractivity contribution in [1.29, 1.82) is 0 Å². The van der Waals surface area contributed by atoms with Gasteiger partial charge in [0.25, 0.3) is 0 Å². The van der Waals surface area contributed by atoms with Crippen LogP contribution in [0.3, 0.4) is 0 Å². The number of nitrogens with zero attached hydrogens (tertiary/aromatic N) is 2. The summed E-state index contributed by atoms with van der Waals surface area (Å²) in [4.78, 5) is 8.94. The van der Waals surface area contributed by atoms with E-state index in [1.165, 1.54) is 5.56 Å². The molecule has 0 radical (unpaired) electrons. The number of rotatable bonds is 2. The van der Waals surface area contributed by atoms with Crippen LogP contribution in [0.2, 0.25) is 0 Å². The van der Waals surface area contributed by atoms with Crippen molar-refractivity contribution in [1.82, 2.24) is 4.98 Å². The molecule has 1 aromatic heterocycles. The molecule has 3 rings (SSSR count). The first-order chi connectivity index (χ1) is 9.33. The molecule has 0 N–H and O–H groups in total. The van der Waals surface area contributed by atoms with Gasteiger partial charge >= 0.3 is 0 Å². The van der Waals surface area contributed by atoms with Gasteiger partial charge in [-0.15, -0.1) is 0 Å². The number of aromatic nitrogens is 1. The van der Waals surface area contributed by atoms with Crippen molar-refractivity contribution >= 4 is 22.8 Å². The van der Waals surface area contributed by atoms with E-state index in [1.54, 1.807) is 0 Å². The molecule has 0 spiro atoms. The van der Waals surface area contributed by atoms with Crippen LogP contribution in [0.4, 0.5) is 5.69 Å². The molecule has 1 heterocycles. The van der Waals surface area contributed by atoms with Crippen molar-refractivity contribution in [3.8, 4) is 0 Å². The molecule has 19 heavy (non-hydrogen) atoms. The van der Waals surface area contributed by atoms with E-state index in [1.807, 2.05) is 42.7 Å². The van der Waals surface area contributed by atoms with Crippen LogP contribution in [0.25, 0.3) is 10.9 Å². The molecule has 0 aliphatic rings. The first-order valence-corrected chi connectivity index (χ1v) is 6.27. The second-order valence-corrected chi connectivity index (χ2v) is 4.52. The second-order valence-electron chi connectivity index (χ2n) is 4.52. The minimum atomic E-state index is 0.966. The Morgan fingerprint density at radius 1 is 1.00 bits per heavy atom. The molecule has 0 saturated heterocycles. The third-order valence-corrected chi connectivity index (χ3v) is 3.02. The molecule has 0 saturated carbocycles. The number of para-hydroxylation sites is 1. The topological polar surface area (TPSA) is 25.2 Å². The van der Waals surface area contributed by atoms with Gasteiger partial charge in [-0.1, -0.05) is 36.4 Å². The highest BCUT2D eigenvalue weighted by atomic mass is 14.7. The molecule has 0 bridgehead atoms. The standard InChI is InChI=1S/C17H14N2/c1-13-5-2-9-16(11-13)19-12-15-7-3-6-14-8-4-10-18-17(14)15/h2-12H,1H3. The van der Waals surface area contributed by atoms with Crippen molar-refractivity contribution < 1.29 is 0 Å². The van der Waals surface area contributed by atoms with Crippen LogP contribution in [0, 0.1) is 6.92 Å². The lowest BCUT2D eigenvalue weighted by Gasteiger charge is -2.00. The summed E-state index contributed by atoms with van der Waals surface area (Å²) in [7, 11) is 0. The van der Waals surface area contributed by atoms with Gasteiger partial charge in [-0.2, -0.15) is 0 Å². The fourth-order valence-electron chi connectivity index (χ4n) is 2.08. The maximum Gasteiger partial charge on any atom is 0.0789 e. The van der Waals surface area contributed by atoms with Gasteiger partial charge in [-0.05, 0) is 30.7 Å². The summed E-state index contributed by atoms with van der Waals surface area (Å²) in [5.74, 6) is 0. The van der Waals surface area contributed by atoms with Gasteiger partial charge in [0.1, 0.15) is 0 Å². The molecule has 0 aliphatic carbocycles. The van der Waals surface area contributed by atoms with E-state index in [-0.39, 0.29) is 0 Å². The largest absolute Gasteiger partial charge is 0.256 e. The van der Waals surface area contributed by atoms with E-state index in [0.717, 1.165) is 22.2 Å². The zero-order valence-corrected chi connectivity index (χ0v) is 10.7. The summed E-state index contributed by atoms with van der Waals surface area (Å²) in [5, 5.41) is 1.13. The predicted octanol–water partition coefficient (Wildman–Crippen LogP) is 4.29. The van der Waals surface area contributed by atoms with Crippen LogP contribution in [0.15, 0.2) is 65.8 Å². The van der Waals surface area contributed by atoms with E-state index < -0.39 is 0 Å². The average Bonchev–Trinajstić information content (AvgIpc) is 2.45. The minimum Gasteiger partial charge on any atom is -0.256 e. The van der Waals surface area contributed by atoms with Gasteiger partial charge in [-0.25, -0.2) is 0 Å². The van der Waals surface area contributed by atoms with Gasteiger partial charge in [0, 0.05) is 23.4 Å². The third-order valence-electron chi connectivity index (χ3n) is 3.02. The monoisotopic (exact) mass is 246 g/mol. The minimum absolute atomic E-state index is 0.966. The Morgan fingerprint density at radius 3 is 2.74 bits per heavy atom. The molecule has 0 amide bonds. The first-order valence-electron chi connectivity index (χ1n) is 6.27. The molecule has 2 heteroatoms. The smallest absolute Gasteiger partial charge is 0.0789 e. The highest BCUT2D eigenvalue weighted by Crippen LogP contribution is 2.17. The summed E-state index contributed by atoms with van der Waals surface area (Å²) < 4.78 is 0. The van der Waals surface area contributed by atoms with Crippen LogP contribution in [-0.2, 0) is 0 Å². The SMILES string of the molecule is Cc1cccc(N=Cc2cccc3cccnc23)c1. The second kappa shape index (κ2) is 5.02. The van der Waals surface area contributed by atoms with Crippen molar-refractivity contribution in [2.24, 2.45) is 4.99 Å². The maximum atomic E-state index is 4.52. The highest BCUT2D eigenvalue weighted by molar-refractivity contribution is 5.98. The Kier molecular flexibility index (Phi) is 3.07. The number of hydrogen-bond acceptors (Lipinski definition) is 2. The van der Waals surface area contributed by atoms with Crippen LogP contribution in [0.1, 0.15) is 11.1 Å². The van der Waals surface area contributed by atoms with Crippen LogP contribution >= 0.6 is 0 Å². The van der Waals surface area contributed by atoms with Gasteiger partial charge < -0.3 is 0 Å². The number of fused-ring (bicyclic) bond motifs is 1. The van der Waals surface area contributed by atoms with Gasteiger partial charge in [0.15, 0.2) is 0 Å². The Hall–Kier alpha value is -2.48. The lowest BCUT2D eigenvalue weighted by atomic mass is 10.1. The molecule has 0 fully saturated rings. The van der Waals surface area contributed by atoms with E-state index in [4.69, 9.17) is 0 Å². The maximum absolute atomic E-state index is 4.52. The van der Waals surface area contributed by atoms with Crippen LogP contribution in [-0.4, -0.2) is 11.2 Å². The zero-order valence-electron chi connectivity index (χ0n) is 10.7. The molecule has 92 valence electrons. The summed E-state index contributed by atoms with van der Waals surface area (Å²) in [6.07, 6.45) is 3.69. The van der Waals surface area contributed by atoms with Crippen molar-refractivity contribution in [3.63, 3.8) is 0 Å². The quantitative estimate of drug-likeness (QED) is 0.619. The average molecular weight is 246 g/mol. The van der Waals surface area contributed by atoms with E-state index in [0.29, 0.717) is 0 Å². The molecule has 0 atom stereocenters. The first kappa shape index (κ1) is 11.6. The van der Waals surface area contributed by atoms with Crippen molar-refractivity contribution in [3.05, 3.63) is 71.9 Å². The molecule has 2 nitrogen and oxygen atoms in total. The Balaban J connectivity index is 2.02. The summed E-state index contributed by atoms with van der Waals surface area (Å²) in [5.41, 5.74) is 4.21. The third kappa shape index (κ3) is 2.52. The fourth-order valence-corrected chi connectivity index (χ4v) is 2.08. The Labute approximate surface area is 112 Å². The molecular formula is C17H14N2. The lowest BCUT2D eigenvalue weighted by Crippen LogP contribution is -1.86. The highest BCUT2D eigenvalue weighted by Gasteiger charge is 1.98. The van der Waals surface area contributed by atoms with Crippen molar-refractivity contribution in [2.45, 2.75) is 6.92 Å². The molecule has 2 aromatic carbocycles. The van der Waals surface area contributed by atoms with Gasteiger partial charge in [-0.3, -0.25) is 9.98 Å². The van der Waals surface area contributed by atoms with Gasteiger partial charge in [0.2, 0.25) is 0 Å². The number of pyridine rings is 1. The number of hydrogen-bond donors (Lipinski definition) is 0. The van der Waals surface area contributed by atoms with Crippen LogP contribution < -0.4 is 0 Å². The normalized spacial score (nSPS) is 11.2. The predicted molar refractivity (Wildman–Crippen MR) is 80.2 cm³/mol. The number of aliphatic imine (C=N–C) groups is 1. The molecule has 0 aliphatic heterocycles. The van der Waals surface area contributed by atoms with E-state index >= 15 is 0 Å². The summed E-state index contributed by atoms with van der Waals surface area (Å²) >= 11 is 0. The number of aryl methyl sites for hydroxylation is 1. The summed E-state index contributed by atoms with van der Waals surface area (Å²) in [6, 6.07) is 18.3. The molecular weight excluding hydrogens is 232 g/mol. The zero-order chi connectivity index (χ0) is 13.1.